The number of hydrogen-bond acceptors (Lipinski definition) is 5. The van der Waals surface area contributed by atoms with E-state index in [1.807, 2.05) is 6.92 Å². The van der Waals surface area contributed by atoms with Crippen LogP contribution in [0.4, 0.5) is 0 Å². The van der Waals surface area contributed by atoms with Gasteiger partial charge in [-0.1, -0.05) is 13.0 Å². The molecule has 0 heterocycles. The predicted octanol–water partition coefficient (Wildman–Crippen LogP) is 3.62. The highest BCUT2D eigenvalue weighted by Crippen LogP contribution is 2.21. The van der Waals surface area contributed by atoms with Crippen molar-refractivity contribution in [3.8, 4) is 5.75 Å². The molecule has 1 aromatic carbocycles. The highest BCUT2D eigenvalue weighted by molar-refractivity contribution is 5.96. The summed E-state index contributed by atoms with van der Waals surface area (Å²) in [6, 6.07) is 5.06. The fourth-order valence-electron chi connectivity index (χ4n) is 1.77. The number of hydrogen-bond donors (Lipinski definition) is 0. The SMILES string of the molecule is CCCOc1ccc(/C=C/C(=O)OC(C)(C)C)c(C(=O)OC)c1. The maximum Gasteiger partial charge on any atom is 0.338 e. The van der Waals surface area contributed by atoms with Gasteiger partial charge in [-0.2, -0.15) is 0 Å². The zero-order valence-electron chi connectivity index (χ0n) is 14.3. The lowest BCUT2D eigenvalue weighted by Crippen LogP contribution is -2.22. The van der Waals surface area contributed by atoms with Crippen molar-refractivity contribution in [3.05, 3.63) is 35.4 Å². The number of carbonyl (C=O) groups excluding carboxylic acids is 2. The maximum absolute atomic E-state index is 11.9. The van der Waals surface area contributed by atoms with E-state index in [1.54, 1.807) is 39.0 Å². The first-order valence-corrected chi connectivity index (χ1v) is 7.53. The van der Waals surface area contributed by atoms with E-state index in [1.165, 1.54) is 19.3 Å². The molecule has 23 heavy (non-hydrogen) atoms. The number of benzene rings is 1. The molecule has 1 aromatic rings. The molecule has 0 fully saturated rings. The van der Waals surface area contributed by atoms with Gasteiger partial charge >= 0.3 is 11.9 Å². The van der Waals surface area contributed by atoms with Gasteiger partial charge in [0, 0.05) is 6.08 Å². The van der Waals surface area contributed by atoms with Gasteiger partial charge in [0.2, 0.25) is 0 Å². The second kappa shape index (κ2) is 8.36. The third-order valence-corrected chi connectivity index (χ3v) is 2.71. The summed E-state index contributed by atoms with van der Waals surface area (Å²) in [5.41, 5.74) is 0.331. The number of ether oxygens (including phenoxy) is 3. The summed E-state index contributed by atoms with van der Waals surface area (Å²) >= 11 is 0. The van der Waals surface area contributed by atoms with E-state index >= 15 is 0 Å². The summed E-state index contributed by atoms with van der Waals surface area (Å²) < 4.78 is 15.5. The summed E-state index contributed by atoms with van der Waals surface area (Å²) in [5.74, 6) is -0.378. The lowest BCUT2D eigenvalue weighted by atomic mass is 10.1. The molecule has 126 valence electrons. The molecule has 0 radical (unpaired) electrons. The molecule has 0 amide bonds. The molecule has 0 saturated carbocycles. The van der Waals surface area contributed by atoms with Crippen LogP contribution in [0.3, 0.4) is 0 Å². The number of esters is 2. The van der Waals surface area contributed by atoms with Gasteiger partial charge in [0.25, 0.3) is 0 Å². The third kappa shape index (κ3) is 6.55. The Balaban J connectivity index is 3.00. The van der Waals surface area contributed by atoms with Gasteiger partial charge in [0.15, 0.2) is 0 Å². The van der Waals surface area contributed by atoms with Crippen LogP contribution < -0.4 is 4.74 Å². The Morgan fingerprint density at radius 1 is 1.22 bits per heavy atom. The van der Waals surface area contributed by atoms with Gasteiger partial charge in [-0.25, -0.2) is 9.59 Å². The van der Waals surface area contributed by atoms with Crippen LogP contribution in [0.5, 0.6) is 5.75 Å². The largest absolute Gasteiger partial charge is 0.494 e. The fourth-order valence-corrected chi connectivity index (χ4v) is 1.77. The van der Waals surface area contributed by atoms with Crippen LogP contribution in [-0.4, -0.2) is 31.3 Å². The minimum Gasteiger partial charge on any atom is -0.494 e. The predicted molar refractivity (Wildman–Crippen MR) is 88.4 cm³/mol. The van der Waals surface area contributed by atoms with Crippen molar-refractivity contribution in [2.75, 3.05) is 13.7 Å². The fraction of sp³-hybridized carbons (Fsp3) is 0.444. The summed E-state index contributed by atoms with van der Waals surface area (Å²) in [6.45, 7) is 7.93. The van der Waals surface area contributed by atoms with Crippen LogP contribution in [-0.2, 0) is 14.3 Å². The first-order valence-electron chi connectivity index (χ1n) is 7.53. The normalized spacial score (nSPS) is 11.3. The summed E-state index contributed by atoms with van der Waals surface area (Å²) in [4.78, 5) is 23.6. The number of rotatable bonds is 6. The molecule has 0 atom stereocenters. The molecule has 0 bridgehead atoms. The first kappa shape index (κ1) is 18.7. The smallest absolute Gasteiger partial charge is 0.338 e. The second-order valence-electron chi connectivity index (χ2n) is 5.96. The first-order chi connectivity index (χ1) is 10.8. The quantitative estimate of drug-likeness (QED) is 0.592. The molecule has 0 saturated heterocycles. The van der Waals surface area contributed by atoms with Crippen molar-refractivity contribution in [1.82, 2.24) is 0 Å². The average Bonchev–Trinajstić information content (AvgIpc) is 2.48. The lowest BCUT2D eigenvalue weighted by molar-refractivity contribution is -0.148. The monoisotopic (exact) mass is 320 g/mol. The molecular formula is C18H24O5. The zero-order valence-corrected chi connectivity index (χ0v) is 14.3. The standard InChI is InChI=1S/C18H24O5/c1-6-11-22-14-9-7-13(15(12-14)17(20)21-5)8-10-16(19)23-18(2,3)4/h7-10,12H,6,11H2,1-5H3/b10-8+. The Bertz CT molecular complexity index is 582. The van der Waals surface area contributed by atoms with E-state index in [0.29, 0.717) is 23.5 Å². The van der Waals surface area contributed by atoms with Crippen molar-refractivity contribution >= 4 is 18.0 Å². The zero-order chi connectivity index (χ0) is 17.5. The van der Waals surface area contributed by atoms with Gasteiger partial charge in [-0.3, -0.25) is 0 Å². The molecule has 0 aliphatic carbocycles. The maximum atomic E-state index is 11.9. The molecule has 0 N–H and O–H groups in total. The molecule has 0 aliphatic rings. The van der Waals surface area contributed by atoms with Gasteiger partial charge in [0.1, 0.15) is 11.4 Å². The van der Waals surface area contributed by atoms with E-state index in [2.05, 4.69) is 0 Å². The number of carbonyl (C=O) groups is 2. The third-order valence-electron chi connectivity index (χ3n) is 2.71. The van der Waals surface area contributed by atoms with E-state index in [0.717, 1.165) is 6.42 Å². The average molecular weight is 320 g/mol. The molecule has 0 unspecified atom stereocenters. The van der Waals surface area contributed by atoms with E-state index in [4.69, 9.17) is 14.2 Å². The highest BCUT2D eigenvalue weighted by Gasteiger charge is 2.15. The molecule has 0 aliphatic heterocycles. The topological polar surface area (TPSA) is 61.8 Å². The van der Waals surface area contributed by atoms with Crippen LogP contribution in [0.25, 0.3) is 6.08 Å². The Hall–Kier alpha value is -2.30. The Labute approximate surface area is 137 Å². The minimum atomic E-state index is -0.565. The van der Waals surface area contributed by atoms with Crippen molar-refractivity contribution in [2.45, 2.75) is 39.7 Å². The number of methoxy groups -OCH3 is 1. The molecule has 5 heteroatoms. The van der Waals surface area contributed by atoms with Gasteiger partial charge in [-0.05, 0) is 51.0 Å². The molecule has 5 nitrogen and oxygen atoms in total. The lowest BCUT2D eigenvalue weighted by Gasteiger charge is -2.18. The molecule has 1 rings (SSSR count). The van der Waals surface area contributed by atoms with E-state index in [9.17, 15) is 9.59 Å². The summed E-state index contributed by atoms with van der Waals surface area (Å²) in [5, 5.41) is 0. The van der Waals surface area contributed by atoms with Crippen LogP contribution in [0, 0.1) is 0 Å². The Kier molecular flexibility index (Phi) is 6.82. The molecular weight excluding hydrogens is 296 g/mol. The Morgan fingerprint density at radius 2 is 1.91 bits per heavy atom. The van der Waals surface area contributed by atoms with Crippen LogP contribution in [0.15, 0.2) is 24.3 Å². The minimum absolute atomic E-state index is 0.334. The Morgan fingerprint density at radius 3 is 2.48 bits per heavy atom. The van der Waals surface area contributed by atoms with Crippen molar-refractivity contribution in [2.24, 2.45) is 0 Å². The van der Waals surface area contributed by atoms with Gasteiger partial charge in [0.05, 0.1) is 19.3 Å². The summed E-state index contributed by atoms with van der Waals surface area (Å²) in [6.07, 6.45) is 3.69. The van der Waals surface area contributed by atoms with Crippen LogP contribution >= 0.6 is 0 Å². The summed E-state index contributed by atoms with van der Waals surface area (Å²) in [7, 11) is 1.31. The second-order valence-corrected chi connectivity index (χ2v) is 5.96. The van der Waals surface area contributed by atoms with E-state index in [-0.39, 0.29) is 0 Å². The highest BCUT2D eigenvalue weighted by atomic mass is 16.6. The van der Waals surface area contributed by atoms with Crippen LogP contribution in [0.2, 0.25) is 0 Å². The van der Waals surface area contributed by atoms with Gasteiger partial charge < -0.3 is 14.2 Å². The molecule has 0 aromatic heterocycles. The van der Waals surface area contributed by atoms with E-state index < -0.39 is 17.5 Å². The van der Waals surface area contributed by atoms with Crippen LogP contribution in [0.1, 0.15) is 50.0 Å². The van der Waals surface area contributed by atoms with Crippen molar-refractivity contribution in [1.29, 1.82) is 0 Å². The van der Waals surface area contributed by atoms with Crippen molar-refractivity contribution < 1.29 is 23.8 Å². The molecule has 0 spiro atoms. The van der Waals surface area contributed by atoms with Gasteiger partial charge in [-0.15, -0.1) is 0 Å². The van der Waals surface area contributed by atoms with Crippen molar-refractivity contribution in [3.63, 3.8) is 0 Å².